The number of benzene rings is 8. The minimum atomic E-state index is 0.560. The van der Waals surface area contributed by atoms with Gasteiger partial charge in [0.1, 0.15) is 16.7 Å². The minimum Gasteiger partial charge on any atom is -0.456 e. The number of furan rings is 1. The first-order valence-corrected chi connectivity index (χ1v) is 17.9. The standard InChI is InChI=1S/C48H28N4O2/c1-3-14-30(15-4-1)45-50-46(33-24-23-29-13-7-8-18-32(29)27-33)52-47(51-45)37-26-25-36(34-19-9-10-20-35(34)37)43-42-38-21-11-12-22-40(38)53-41(42)28-39-44(43)54-48(49-39)31-16-5-2-6-17-31/h1-28H. The summed E-state index contributed by atoms with van der Waals surface area (Å²) in [6.45, 7) is 0. The fraction of sp³-hybridized carbons (Fsp3) is 0. The SMILES string of the molecule is c1ccc(-c2nc(-c3ccc4ccccc4c3)nc(-c3ccc(-c4c5oc(-c6ccccc6)nc5cc5oc6ccccc6c45)c4ccccc34)n2)cc1. The molecular weight excluding hydrogens is 665 g/mol. The normalized spacial score (nSPS) is 11.7. The topological polar surface area (TPSA) is 77.8 Å². The molecule has 0 spiro atoms. The summed E-state index contributed by atoms with van der Waals surface area (Å²) in [5.41, 5.74) is 8.59. The van der Waals surface area contributed by atoms with E-state index in [2.05, 4.69) is 84.9 Å². The first-order valence-electron chi connectivity index (χ1n) is 17.9. The Hall–Kier alpha value is -7.44. The van der Waals surface area contributed by atoms with Crippen LogP contribution in [0.4, 0.5) is 0 Å². The van der Waals surface area contributed by atoms with Crippen LogP contribution in [-0.2, 0) is 0 Å². The molecule has 0 amide bonds. The molecule has 0 saturated heterocycles. The van der Waals surface area contributed by atoms with Crippen molar-refractivity contribution in [3.63, 3.8) is 0 Å². The van der Waals surface area contributed by atoms with Crippen LogP contribution >= 0.6 is 0 Å². The monoisotopic (exact) mass is 692 g/mol. The van der Waals surface area contributed by atoms with Gasteiger partial charge in [-0.15, -0.1) is 0 Å². The van der Waals surface area contributed by atoms with Crippen LogP contribution in [0.3, 0.4) is 0 Å². The molecule has 0 N–H and O–H groups in total. The minimum absolute atomic E-state index is 0.560. The molecule has 54 heavy (non-hydrogen) atoms. The fourth-order valence-corrected chi connectivity index (χ4v) is 7.61. The van der Waals surface area contributed by atoms with Crippen LogP contribution in [0.1, 0.15) is 0 Å². The van der Waals surface area contributed by atoms with E-state index in [0.717, 1.165) is 82.4 Å². The second-order valence-corrected chi connectivity index (χ2v) is 13.4. The van der Waals surface area contributed by atoms with Gasteiger partial charge in [-0.05, 0) is 57.4 Å². The zero-order valence-electron chi connectivity index (χ0n) is 28.8. The van der Waals surface area contributed by atoms with Gasteiger partial charge in [0, 0.05) is 44.7 Å². The highest BCUT2D eigenvalue weighted by Gasteiger charge is 2.24. The van der Waals surface area contributed by atoms with E-state index in [9.17, 15) is 0 Å². The summed E-state index contributed by atoms with van der Waals surface area (Å²) in [4.78, 5) is 20.3. The van der Waals surface area contributed by atoms with Crippen LogP contribution in [0.15, 0.2) is 179 Å². The van der Waals surface area contributed by atoms with Crippen molar-refractivity contribution in [1.29, 1.82) is 0 Å². The largest absolute Gasteiger partial charge is 0.456 e. The van der Waals surface area contributed by atoms with E-state index in [0.29, 0.717) is 28.9 Å². The zero-order chi connectivity index (χ0) is 35.6. The highest BCUT2D eigenvalue weighted by molar-refractivity contribution is 6.22. The molecule has 252 valence electrons. The van der Waals surface area contributed by atoms with Gasteiger partial charge in [-0.2, -0.15) is 0 Å². The molecule has 3 aromatic heterocycles. The number of fused-ring (bicyclic) bond motifs is 6. The van der Waals surface area contributed by atoms with Gasteiger partial charge < -0.3 is 8.83 Å². The van der Waals surface area contributed by atoms with Crippen molar-refractivity contribution in [2.24, 2.45) is 0 Å². The molecule has 3 heterocycles. The molecule has 11 rings (SSSR count). The van der Waals surface area contributed by atoms with E-state index in [1.54, 1.807) is 0 Å². The van der Waals surface area contributed by atoms with E-state index < -0.39 is 0 Å². The summed E-state index contributed by atoms with van der Waals surface area (Å²) < 4.78 is 13.2. The molecule has 0 unspecified atom stereocenters. The van der Waals surface area contributed by atoms with Gasteiger partial charge in [0.05, 0.1) is 0 Å². The highest BCUT2D eigenvalue weighted by atomic mass is 16.4. The molecule has 8 aromatic carbocycles. The van der Waals surface area contributed by atoms with E-state index in [-0.39, 0.29) is 0 Å². The summed E-state index contributed by atoms with van der Waals surface area (Å²) in [5, 5.41) is 6.32. The Morgan fingerprint density at radius 3 is 1.78 bits per heavy atom. The molecule has 0 bridgehead atoms. The molecule has 0 aliphatic heterocycles. The Kier molecular flexibility index (Phi) is 6.75. The number of oxazole rings is 1. The lowest BCUT2D eigenvalue weighted by molar-refractivity contribution is 0.621. The summed E-state index contributed by atoms with van der Waals surface area (Å²) in [6, 6.07) is 57.6. The molecule has 11 aromatic rings. The Labute approximate surface area is 309 Å². The lowest BCUT2D eigenvalue weighted by Gasteiger charge is -2.14. The van der Waals surface area contributed by atoms with Crippen molar-refractivity contribution in [3.8, 4) is 56.7 Å². The maximum absolute atomic E-state index is 6.70. The second-order valence-electron chi connectivity index (χ2n) is 13.4. The average Bonchev–Trinajstić information content (AvgIpc) is 3.84. The average molecular weight is 693 g/mol. The van der Waals surface area contributed by atoms with Gasteiger partial charge in [0.2, 0.25) is 5.89 Å². The molecule has 0 aliphatic rings. The zero-order valence-corrected chi connectivity index (χ0v) is 28.8. The number of hydrogen-bond acceptors (Lipinski definition) is 6. The molecule has 0 aliphatic carbocycles. The van der Waals surface area contributed by atoms with E-state index >= 15 is 0 Å². The summed E-state index contributed by atoms with van der Waals surface area (Å²) in [5.74, 6) is 2.38. The molecule has 0 saturated carbocycles. The summed E-state index contributed by atoms with van der Waals surface area (Å²) in [6.07, 6.45) is 0. The van der Waals surface area contributed by atoms with Gasteiger partial charge in [-0.3, -0.25) is 0 Å². The van der Waals surface area contributed by atoms with Crippen LogP contribution in [0.5, 0.6) is 0 Å². The number of nitrogens with zero attached hydrogens (tertiary/aromatic N) is 4. The maximum atomic E-state index is 6.70. The van der Waals surface area contributed by atoms with Crippen molar-refractivity contribution in [2.45, 2.75) is 0 Å². The van der Waals surface area contributed by atoms with Gasteiger partial charge in [0.25, 0.3) is 0 Å². The van der Waals surface area contributed by atoms with Crippen LogP contribution in [0.2, 0.25) is 0 Å². The predicted octanol–water partition coefficient (Wildman–Crippen LogP) is 12.6. The quantitative estimate of drug-likeness (QED) is 0.179. The Bertz CT molecular complexity index is 3220. The Balaban J connectivity index is 1.17. The molecular formula is C48H28N4O2. The third kappa shape index (κ3) is 4.89. The Morgan fingerprint density at radius 1 is 0.370 bits per heavy atom. The van der Waals surface area contributed by atoms with Gasteiger partial charge in [0.15, 0.2) is 23.1 Å². The first-order chi connectivity index (χ1) is 26.7. The molecule has 0 atom stereocenters. The summed E-state index contributed by atoms with van der Waals surface area (Å²) >= 11 is 0. The molecule has 0 fully saturated rings. The van der Waals surface area contributed by atoms with Crippen LogP contribution in [0.25, 0.3) is 111 Å². The van der Waals surface area contributed by atoms with Crippen LogP contribution in [-0.4, -0.2) is 19.9 Å². The van der Waals surface area contributed by atoms with Crippen molar-refractivity contribution >= 4 is 54.6 Å². The lowest BCUT2D eigenvalue weighted by atomic mass is 9.91. The first kappa shape index (κ1) is 30.2. The van der Waals surface area contributed by atoms with Crippen molar-refractivity contribution < 1.29 is 8.83 Å². The van der Waals surface area contributed by atoms with E-state index in [1.807, 2.05) is 84.9 Å². The third-order valence-corrected chi connectivity index (χ3v) is 10.2. The maximum Gasteiger partial charge on any atom is 0.227 e. The van der Waals surface area contributed by atoms with Crippen molar-refractivity contribution in [3.05, 3.63) is 170 Å². The van der Waals surface area contributed by atoms with Gasteiger partial charge in [-0.25, -0.2) is 19.9 Å². The lowest BCUT2D eigenvalue weighted by Crippen LogP contribution is -2.01. The van der Waals surface area contributed by atoms with E-state index in [1.165, 1.54) is 0 Å². The number of aromatic nitrogens is 4. The van der Waals surface area contributed by atoms with Crippen molar-refractivity contribution in [2.75, 3.05) is 0 Å². The number of rotatable bonds is 5. The van der Waals surface area contributed by atoms with Crippen LogP contribution < -0.4 is 0 Å². The highest BCUT2D eigenvalue weighted by Crippen LogP contribution is 2.46. The van der Waals surface area contributed by atoms with Gasteiger partial charge in [-0.1, -0.05) is 133 Å². The van der Waals surface area contributed by atoms with Gasteiger partial charge >= 0.3 is 0 Å². The molecule has 6 heteroatoms. The van der Waals surface area contributed by atoms with Crippen LogP contribution in [0, 0.1) is 0 Å². The predicted molar refractivity (Wildman–Crippen MR) is 217 cm³/mol. The third-order valence-electron chi connectivity index (χ3n) is 10.2. The summed E-state index contributed by atoms with van der Waals surface area (Å²) in [7, 11) is 0. The smallest absolute Gasteiger partial charge is 0.227 e. The number of hydrogen-bond donors (Lipinski definition) is 0. The fourth-order valence-electron chi connectivity index (χ4n) is 7.61. The van der Waals surface area contributed by atoms with E-state index in [4.69, 9.17) is 28.8 Å². The van der Waals surface area contributed by atoms with Crippen molar-refractivity contribution in [1.82, 2.24) is 19.9 Å². The Morgan fingerprint density at radius 2 is 0.981 bits per heavy atom. The molecule has 6 nitrogen and oxygen atoms in total. The number of para-hydroxylation sites is 1. The molecule has 0 radical (unpaired) electrons. The second kappa shape index (κ2) is 12.1.